The van der Waals surface area contributed by atoms with Gasteiger partial charge in [-0.2, -0.15) is 0 Å². The maximum absolute atomic E-state index is 5.33. The minimum atomic E-state index is 0.249. The van der Waals surface area contributed by atoms with E-state index in [9.17, 15) is 0 Å². The lowest BCUT2D eigenvalue weighted by Crippen LogP contribution is -2.37. The van der Waals surface area contributed by atoms with Crippen LogP contribution in [0.3, 0.4) is 0 Å². The van der Waals surface area contributed by atoms with Crippen LogP contribution in [0.2, 0.25) is 0 Å². The Balaban J connectivity index is 1.84. The van der Waals surface area contributed by atoms with Gasteiger partial charge in [0.25, 0.3) is 0 Å². The summed E-state index contributed by atoms with van der Waals surface area (Å²) in [4.78, 5) is 0. The fraction of sp³-hybridized carbons (Fsp3) is 1.00. The molecule has 1 saturated heterocycles. The van der Waals surface area contributed by atoms with E-state index in [-0.39, 0.29) is 5.54 Å². The topological polar surface area (TPSA) is 33.3 Å². The highest BCUT2D eigenvalue weighted by atomic mass is 16.5. The SMILES string of the molecule is CC(C)(C)NCCCNCC1CCOC1. The second-order valence-electron chi connectivity index (χ2n) is 5.46. The largest absolute Gasteiger partial charge is 0.381 e. The van der Waals surface area contributed by atoms with Crippen LogP contribution in [0.15, 0.2) is 0 Å². The van der Waals surface area contributed by atoms with Gasteiger partial charge in [-0.05, 0) is 52.6 Å². The van der Waals surface area contributed by atoms with E-state index in [2.05, 4.69) is 31.4 Å². The van der Waals surface area contributed by atoms with Crippen molar-refractivity contribution in [2.45, 2.75) is 39.2 Å². The third-order valence-corrected chi connectivity index (χ3v) is 2.64. The molecular weight excluding hydrogens is 188 g/mol. The van der Waals surface area contributed by atoms with Gasteiger partial charge in [0.2, 0.25) is 0 Å². The van der Waals surface area contributed by atoms with E-state index >= 15 is 0 Å². The number of hydrogen-bond donors (Lipinski definition) is 2. The molecule has 0 aromatic heterocycles. The number of ether oxygens (including phenoxy) is 1. The summed E-state index contributed by atoms with van der Waals surface area (Å²) in [5.41, 5.74) is 0.249. The monoisotopic (exact) mass is 214 g/mol. The lowest BCUT2D eigenvalue weighted by Gasteiger charge is -2.20. The Bertz CT molecular complexity index is 159. The van der Waals surface area contributed by atoms with Gasteiger partial charge in [-0.15, -0.1) is 0 Å². The molecule has 0 saturated carbocycles. The van der Waals surface area contributed by atoms with Gasteiger partial charge in [0.15, 0.2) is 0 Å². The van der Waals surface area contributed by atoms with Gasteiger partial charge in [0.05, 0.1) is 6.61 Å². The maximum atomic E-state index is 5.33. The van der Waals surface area contributed by atoms with Crippen LogP contribution in [-0.2, 0) is 4.74 Å². The molecule has 1 fully saturated rings. The van der Waals surface area contributed by atoms with Crippen molar-refractivity contribution in [3.63, 3.8) is 0 Å². The molecule has 0 spiro atoms. The van der Waals surface area contributed by atoms with Crippen molar-refractivity contribution in [2.24, 2.45) is 5.92 Å². The van der Waals surface area contributed by atoms with Crippen molar-refractivity contribution in [1.82, 2.24) is 10.6 Å². The Morgan fingerprint density at radius 2 is 2.07 bits per heavy atom. The smallest absolute Gasteiger partial charge is 0.0507 e. The average molecular weight is 214 g/mol. The van der Waals surface area contributed by atoms with Crippen LogP contribution in [0, 0.1) is 5.92 Å². The predicted octanol–water partition coefficient (Wildman–Crippen LogP) is 1.39. The van der Waals surface area contributed by atoms with Crippen molar-refractivity contribution in [2.75, 3.05) is 32.8 Å². The lowest BCUT2D eigenvalue weighted by atomic mass is 10.1. The third kappa shape index (κ3) is 6.88. The molecule has 0 aromatic rings. The molecule has 15 heavy (non-hydrogen) atoms. The summed E-state index contributed by atoms with van der Waals surface area (Å²) in [5, 5.41) is 6.98. The van der Waals surface area contributed by atoms with E-state index in [0.717, 1.165) is 38.8 Å². The van der Waals surface area contributed by atoms with E-state index in [1.807, 2.05) is 0 Å². The second-order valence-corrected chi connectivity index (χ2v) is 5.46. The average Bonchev–Trinajstić information content (AvgIpc) is 2.61. The lowest BCUT2D eigenvalue weighted by molar-refractivity contribution is 0.185. The number of hydrogen-bond acceptors (Lipinski definition) is 3. The van der Waals surface area contributed by atoms with Crippen LogP contribution in [-0.4, -0.2) is 38.4 Å². The quantitative estimate of drug-likeness (QED) is 0.656. The van der Waals surface area contributed by atoms with Crippen molar-refractivity contribution in [3.05, 3.63) is 0 Å². The van der Waals surface area contributed by atoms with E-state index in [4.69, 9.17) is 4.74 Å². The van der Waals surface area contributed by atoms with Crippen LogP contribution in [0.5, 0.6) is 0 Å². The molecule has 0 amide bonds. The Kier molecular flexibility index (Phi) is 5.58. The minimum Gasteiger partial charge on any atom is -0.381 e. The van der Waals surface area contributed by atoms with Crippen LogP contribution in [0.4, 0.5) is 0 Å². The molecule has 0 aromatic carbocycles. The van der Waals surface area contributed by atoms with Crippen molar-refractivity contribution < 1.29 is 4.74 Å². The maximum Gasteiger partial charge on any atom is 0.0507 e. The normalized spacial score (nSPS) is 22.2. The Morgan fingerprint density at radius 3 is 2.67 bits per heavy atom. The first-order chi connectivity index (χ1) is 7.08. The molecule has 1 aliphatic heterocycles. The summed E-state index contributed by atoms with van der Waals surface area (Å²) >= 11 is 0. The zero-order valence-electron chi connectivity index (χ0n) is 10.4. The first kappa shape index (κ1) is 12.9. The van der Waals surface area contributed by atoms with Gasteiger partial charge in [-0.1, -0.05) is 0 Å². The van der Waals surface area contributed by atoms with Gasteiger partial charge in [0, 0.05) is 18.7 Å². The van der Waals surface area contributed by atoms with Gasteiger partial charge >= 0.3 is 0 Å². The Hall–Kier alpha value is -0.120. The highest BCUT2D eigenvalue weighted by molar-refractivity contribution is 4.70. The summed E-state index contributed by atoms with van der Waals surface area (Å²) in [7, 11) is 0. The summed E-state index contributed by atoms with van der Waals surface area (Å²) in [6.07, 6.45) is 2.43. The van der Waals surface area contributed by atoms with Crippen molar-refractivity contribution in [3.8, 4) is 0 Å². The molecule has 1 heterocycles. The van der Waals surface area contributed by atoms with Gasteiger partial charge < -0.3 is 15.4 Å². The summed E-state index contributed by atoms with van der Waals surface area (Å²) < 4.78 is 5.33. The van der Waals surface area contributed by atoms with Crippen LogP contribution in [0.25, 0.3) is 0 Å². The van der Waals surface area contributed by atoms with E-state index < -0.39 is 0 Å². The molecule has 3 nitrogen and oxygen atoms in total. The molecule has 1 unspecified atom stereocenters. The van der Waals surface area contributed by atoms with Crippen molar-refractivity contribution in [1.29, 1.82) is 0 Å². The summed E-state index contributed by atoms with van der Waals surface area (Å²) in [5.74, 6) is 0.751. The summed E-state index contributed by atoms with van der Waals surface area (Å²) in [6, 6.07) is 0. The minimum absolute atomic E-state index is 0.249. The molecule has 2 N–H and O–H groups in total. The van der Waals surface area contributed by atoms with Gasteiger partial charge in [0.1, 0.15) is 0 Å². The van der Waals surface area contributed by atoms with Gasteiger partial charge in [-0.3, -0.25) is 0 Å². The third-order valence-electron chi connectivity index (χ3n) is 2.64. The molecule has 3 heteroatoms. The van der Waals surface area contributed by atoms with Crippen LogP contribution in [0.1, 0.15) is 33.6 Å². The molecular formula is C12H26N2O. The molecule has 0 radical (unpaired) electrons. The first-order valence-corrected chi connectivity index (χ1v) is 6.11. The zero-order valence-corrected chi connectivity index (χ0v) is 10.4. The molecule has 1 rings (SSSR count). The molecule has 1 aliphatic rings. The number of rotatable bonds is 6. The fourth-order valence-corrected chi connectivity index (χ4v) is 1.73. The standard InChI is InChI=1S/C12H26N2O/c1-12(2,3)14-7-4-6-13-9-11-5-8-15-10-11/h11,13-14H,4-10H2,1-3H3. The highest BCUT2D eigenvalue weighted by Crippen LogP contribution is 2.10. The fourth-order valence-electron chi connectivity index (χ4n) is 1.73. The van der Waals surface area contributed by atoms with Crippen molar-refractivity contribution >= 4 is 0 Å². The predicted molar refractivity (Wildman–Crippen MR) is 64.2 cm³/mol. The van der Waals surface area contributed by atoms with Crippen LogP contribution < -0.4 is 10.6 Å². The highest BCUT2D eigenvalue weighted by Gasteiger charge is 2.14. The Labute approximate surface area is 94.0 Å². The molecule has 0 bridgehead atoms. The molecule has 1 atom stereocenters. The number of nitrogens with one attached hydrogen (secondary N) is 2. The van der Waals surface area contributed by atoms with Crippen LogP contribution >= 0.6 is 0 Å². The first-order valence-electron chi connectivity index (χ1n) is 6.11. The molecule has 90 valence electrons. The van der Waals surface area contributed by atoms with E-state index in [0.29, 0.717) is 0 Å². The van der Waals surface area contributed by atoms with Gasteiger partial charge in [-0.25, -0.2) is 0 Å². The zero-order chi connectivity index (χ0) is 11.1. The van der Waals surface area contributed by atoms with E-state index in [1.165, 1.54) is 12.8 Å². The second kappa shape index (κ2) is 6.46. The van der Waals surface area contributed by atoms with E-state index in [1.54, 1.807) is 0 Å². The summed E-state index contributed by atoms with van der Waals surface area (Å²) in [6.45, 7) is 11.8. The Morgan fingerprint density at radius 1 is 1.27 bits per heavy atom. The molecule has 0 aliphatic carbocycles.